The number of hydrogen-bond donors (Lipinski definition) is 2. The summed E-state index contributed by atoms with van der Waals surface area (Å²) in [6.45, 7) is 5.85. The molecule has 0 amide bonds. The van der Waals surface area contributed by atoms with Crippen LogP contribution in [0.5, 0.6) is 0 Å². The van der Waals surface area contributed by atoms with Crippen molar-refractivity contribution in [1.29, 1.82) is 0 Å². The zero-order valence-electron chi connectivity index (χ0n) is 20.5. The first-order valence-electron chi connectivity index (χ1n) is 12.8. The van der Waals surface area contributed by atoms with Gasteiger partial charge in [-0.1, -0.05) is 12.8 Å². The van der Waals surface area contributed by atoms with E-state index in [0.29, 0.717) is 29.5 Å². The fraction of sp³-hybridized carbons (Fsp3) is 0.407. The SMILES string of the molecule is Cc1nc(Cc2cc3cnc(Nc4ccc(N5CCNCC5)cc4)nc3n(C3CCCC3)c2=O)co1. The first-order valence-corrected chi connectivity index (χ1v) is 12.8. The molecule has 0 unspecified atom stereocenters. The maximum absolute atomic E-state index is 13.7. The van der Waals surface area contributed by atoms with E-state index in [4.69, 9.17) is 9.40 Å². The molecule has 1 aliphatic carbocycles. The molecule has 36 heavy (non-hydrogen) atoms. The lowest BCUT2D eigenvalue weighted by Crippen LogP contribution is -2.43. The minimum Gasteiger partial charge on any atom is -0.449 e. The highest BCUT2D eigenvalue weighted by Crippen LogP contribution is 2.31. The molecule has 186 valence electrons. The number of nitrogens with zero attached hydrogens (tertiary/aromatic N) is 5. The van der Waals surface area contributed by atoms with E-state index in [2.05, 4.69) is 49.8 Å². The van der Waals surface area contributed by atoms with Crippen molar-refractivity contribution in [2.45, 2.75) is 45.1 Å². The number of benzene rings is 1. The van der Waals surface area contributed by atoms with Gasteiger partial charge < -0.3 is 20.0 Å². The molecule has 1 aliphatic heterocycles. The number of piperazine rings is 1. The molecule has 4 heterocycles. The standard InChI is InChI=1S/C27H31N7O2/c1-18-30-22(17-36-18)15-19-14-20-16-29-27(32-25(20)34(26(19)35)24-4-2-3-5-24)31-21-6-8-23(9-7-21)33-12-10-28-11-13-33/h6-9,14,16-17,24,28H,2-5,10-13,15H2,1H3,(H,29,31,32). The van der Waals surface area contributed by atoms with Crippen LogP contribution in [0.3, 0.4) is 0 Å². The first-order chi connectivity index (χ1) is 17.6. The average Bonchev–Trinajstić information content (AvgIpc) is 3.58. The summed E-state index contributed by atoms with van der Waals surface area (Å²) in [6.07, 6.45) is 8.09. The number of oxazole rings is 1. The van der Waals surface area contributed by atoms with Crippen molar-refractivity contribution in [1.82, 2.24) is 24.8 Å². The Morgan fingerprint density at radius 3 is 2.61 bits per heavy atom. The minimum absolute atomic E-state index is 0.0000716. The Balaban J connectivity index is 1.32. The molecule has 6 rings (SSSR count). The van der Waals surface area contributed by atoms with Crippen molar-refractivity contribution in [2.75, 3.05) is 36.4 Å². The summed E-state index contributed by atoms with van der Waals surface area (Å²) in [5.74, 6) is 1.09. The number of fused-ring (bicyclic) bond motifs is 1. The molecule has 0 radical (unpaired) electrons. The smallest absolute Gasteiger partial charge is 0.256 e. The van der Waals surface area contributed by atoms with Crippen LogP contribution in [0, 0.1) is 6.92 Å². The lowest BCUT2D eigenvalue weighted by atomic mass is 10.1. The third-order valence-corrected chi connectivity index (χ3v) is 7.18. The van der Waals surface area contributed by atoms with Gasteiger partial charge in [-0.3, -0.25) is 9.36 Å². The summed E-state index contributed by atoms with van der Waals surface area (Å²) in [5, 5.41) is 7.57. The second-order valence-corrected chi connectivity index (χ2v) is 9.70. The molecule has 2 N–H and O–H groups in total. The number of anilines is 3. The van der Waals surface area contributed by atoms with Crippen LogP contribution in [-0.2, 0) is 6.42 Å². The molecule has 2 aliphatic rings. The molecule has 1 saturated carbocycles. The summed E-state index contributed by atoms with van der Waals surface area (Å²) in [6, 6.07) is 10.4. The summed E-state index contributed by atoms with van der Waals surface area (Å²) in [4.78, 5) is 29.8. The molecule has 4 aromatic rings. The van der Waals surface area contributed by atoms with Gasteiger partial charge in [-0.25, -0.2) is 9.97 Å². The molecule has 1 aromatic carbocycles. The van der Waals surface area contributed by atoms with Crippen LogP contribution in [0.2, 0.25) is 0 Å². The Morgan fingerprint density at radius 1 is 1.11 bits per heavy atom. The van der Waals surface area contributed by atoms with E-state index in [1.54, 1.807) is 6.26 Å². The Hall–Kier alpha value is -3.72. The van der Waals surface area contributed by atoms with Crippen molar-refractivity contribution in [3.63, 3.8) is 0 Å². The summed E-state index contributed by atoms with van der Waals surface area (Å²) in [5.41, 5.74) is 4.26. The molecule has 0 atom stereocenters. The number of aromatic nitrogens is 4. The third kappa shape index (κ3) is 4.58. The number of nitrogens with one attached hydrogen (secondary N) is 2. The van der Waals surface area contributed by atoms with E-state index < -0.39 is 0 Å². The number of hydrogen-bond acceptors (Lipinski definition) is 8. The van der Waals surface area contributed by atoms with Crippen LogP contribution in [0.4, 0.5) is 17.3 Å². The largest absolute Gasteiger partial charge is 0.449 e. The third-order valence-electron chi connectivity index (χ3n) is 7.18. The van der Waals surface area contributed by atoms with Gasteiger partial charge in [0.15, 0.2) is 5.89 Å². The topological polar surface area (TPSA) is 101 Å². The van der Waals surface area contributed by atoms with Crippen molar-refractivity contribution < 1.29 is 4.42 Å². The van der Waals surface area contributed by atoms with E-state index >= 15 is 0 Å². The molecule has 1 saturated heterocycles. The Labute approximate surface area is 209 Å². The fourth-order valence-electron chi connectivity index (χ4n) is 5.36. The predicted octanol–water partition coefficient (Wildman–Crippen LogP) is 3.95. The van der Waals surface area contributed by atoms with Crippen molar-refractivity contribution in [3.8, 4) is 0 Å². The quantitative estimate of drug-likeness (QED) is 0.423. The highest BCUT2D eigenvalue weighted by molar-refractivity contribution is 5.77. The lowest BCUT2D eigenvalue weighted by Gasteiger charge is -2.29. The van der Waals surface area contributed by atoms with Crippen LogP contribution in [0.1, 0.15) is 48.9 Å². The van der Waals surface area contributed by atoms with Crippen LogP contribution in [0.25, 0.3) is 11.0 Å². The van der Waals surface area contributed by atoms with Crippen molar-refractivity contribution in [3.05, 3.63) is 70.3 Å². The normalized spacial score (nSPS) is 16.6. The van der Waals surface area contributed by atoms with E-state index in [9.17, 15) is 4.79 Å². The van der Waals surface area contributed by atoms with Crippen LogP contribution in [-0.4, -0.2) is 45.7 Å². The van der Waals surface area contributed by atoms with Gasteiger partial charge in [0.2, 0.25) is 5.95 Å². The number of aryl methyl sites for hydroxylation is 1. The fourth-order valence-corrected chi connectivity index (χ4v) is 5.36. The predicted molar refractivity (Wildman–Crippen MR) is 140 cm³/mol. The Bertz CT molecular complexity index is 1410. The van der Waals surface area contributed by atoms with Gasteiger partial charge in [0.1, 0.15) is 11.9 Å². The molecule has 9 nitrogen and oxygen atoms in total. The van der Waals surface area contributed by atoms with E-state index in [1.807, 2.05) is 23.8 Å². The van der Waals surface area contributed by atoms with Crippen LogP contribution in [0.15, 0.2) is 52.0 Å². The molecule has 3 aromatic heterocycles. The summed E-state index contributed by atoms with van der Waals surface area (Å²) in [7, 11) is 0. The average molecular weight is 486 g/mol. The maximum atomic E-state index is 13.7. The molecule has 2 fully saturated rings. The number of pyridine rings is 1. The molecule has 0 bridgehead atoms. The lowest BCUT2D eigenvalue weighted by molar-refractivity contribution is 0.513. The second-order valence-electron chi connectivity index (χ2n) is 9.70. The minimum atomic E-state index is 0.0000716. The molecule has 0 spiro atoms. The molecular weight excluding hydrogens is 454 g/mol. The maximum Gasteiger partial charge on any atom is 0.256 e. The van der Waals surface area contributed by atoms with Gasteiger partial charge in [0.05, 0.1) is 5.69 Å². The second kappa shape index (κ2) is 9.73. The summed E-state index contributed by atoms with van der Waals surface area (Å²) < 4.78 is 7.24. The molecular formula is C27H31N7O2. The van der Waals surface area contributed by atoms with Gasteiger partial charge in [-0.15, -0.1) is 0 Å². The van der Waals surface area contributed by atoms with Gasteiger partial charge in [-0.05, 0) is 43.2 Å². The Kier molecular flexibility index (Phi) is 6.14. The van der Waals surface area contributed by atoms with Gasteiger partial charge in [0, 0.05) is 74.1 Å². The zero-order chi connectivity index (χ0) is 24.5. The van der Waals surface area contributed by atoms with Crippen molar-refractivity contribution in [2.24, 2.45) is 0 Å². The zero-order valence-corrected chi connectivity index (χ0v) is 20.5. The highest BCUT2D eigenvalue weighted by Gasteiger charge is 2.23. The first kappa shape index (κ1) is 22.7. The van der Waals surface area contributed by atoms with Gasteiger partial charge >= 0.3 is 0 Å². The van der Waals surface area contributed by atoms with E-state index in [-0.39, 0.29) is 11.6 Å². The Morgan fingerprint density at radius 2 is 1.89 bits per heavy atom. The van der Waals surface area contributed by atoms with Gasteiger partial charge in [-0.2, -0.15) is 4.98 Å². The number of rotatable bonds is 6. The van der Waals surface area contributed by atoms with Crippen LogP contribution < -0.4 is 21.1 Å². The summed E-state index contributed by atoms with van der Waals surface area (Å²) >= 11 is 0. The van der Waals surface area contributed by atoms with Crippen LogP contribution >= 0.6 is 0 Å². The highest BCUT2D eigenvalue weighted by atomic mass is 16.3. The monoisotopic (exact) mass is 485 g/mol. The van der Waals surface area contributed by atoms with Crippen molar-refractivity contribution >= 4 is 28.4 Å². The van der Waals surface area contributed by atoms with E-state index in [1.165, 1.54) is 5.69 Å². The molecule has 9 heteroatoms. The van der Waals surface area contributed by atoms with Gasteiger partial charge in [0.25, 0.3) is 5.56 Å². The van der Waals surface area contributed by atoms with E-state index in [0.717, 1.165) is 68.6 Å².